The van der Waals surface area contributed by atoms with E-state index in [4.69, 9.17) is 4.74 Å². The third-order valence-corrected chi connectivity index (χ3v) is 3.10. The van der Waals surface area contributed by atoms with E-state index in [9.17, 15) is 5.11 Å². The molecule has 0 saturated carbocycles. The van der Waals surface area contributed by atoms with Gasteiger partial charge in [-0.1, -0.05) is 6.92 Å². The van der Waals surface area contributed by atoms with Crippen molar-refractivity contribution in [3.8, 4) is 0 Å². The van der Waals surface area contributed by atoms with Crippen LogP contribution in [0.15, 0.2) is 0 Å². The van der Waals surface area contributed by atoms with Gasteiger partial charge in [-0.05, 0) is 39.7 Å². The molecule has 0 spiro atoms. The third kappa shape index (κ3) is 4.09. The van der Waals surface area contributed by atoms with E-state index in [0.717, 1.165) is 19.7 Å². The fourth-order valence-corrected chi connectivity index (χ4v) is 2.13. The van der Waals surface area contributed by atoms with Crippen LogP contribution < -0.4 is 0 Å². The van der Waals surface area contributed by atoms with E-state index >= 15 is 0 Å². The lowest BCUT2D eigenvalue weighted by molar-refractivity contribution is -0.0175. The summed E-state index contributed by atoms with van der Waals surface area (Å²) < 4.78 is 5.70. The van der Waals surface area contributed by atoms with Crippen LogP contribution in [0.5, 0.6) is 0 Å². The maximum absolute atomic E-state index is 9.28. The first-order valence-electron chi connectivity index (χ1n) is 5.93. The summed E-state index contributed by atoms with van der Waals surface area (Å²) in [7, 11) is 0. The third-order valence-electron chi connectivity index (χ3n) is 3.10. The summed E-state index contributed by atoms with van der Waals surface area (Å²) in [5.74, 6) is 0.615. The van der Waals surface area contributed by atoms with Gasteiger partial charge in [-0.25, -0.2) is 0 Å². The molecule has 3 nitrogen and oxygen atoms in total. The molecule has 1 N–H and O–H groups in total. The summed E-state index contributed by atoms with van der Waals surface area (Å²) in [4.78, 5) is 2.34. The lowest BCUT2D eigenvalue weighted by atomic mass is 10.0. The SMILES string of the molecule is CC1CCN(CCOC(C)(C)C)C1CO. The largest absolute Gasteiger partial charge is 0.395 e. The van der Waals surface area contributed by atoms with Gasteiger partial charge in [-0.3, -0.25) is 4.90 Å². The molecular formula is C12H25NO2. The Kier molecular flexibility index (Phi) is 4.56. The van der Waals surface area contributed by atoms with Gasteiger partial charge in [0.15, 0.2) is 0 Å². The molecule has 0 amide bonds. The molecule has 1 fully saturated rings. The Morgan fingerprint density at radius 1 is 1.40 bits per heavy atom. The van der Waals surface area contributed by atoms with Crippen LogP contribution in [0.25, 0.3) is 0 Å². The van der Waals surface area contributed by atoms with Crippen molar-refractivity contribution in [1.29, 1.82) is 0 Å². The summed E-state index contributed by atoms with van der Waals surface area (Å²) in [6.07, 6.45) is 1.20. The van der Waals surface area contributed by atoms with Crippen LogP contribution in [0, 0.1) is 5.92 Å². The number of nitrogens with zero attached hydrogens (tertiary/aromatic N) is 1. The molecule has 1 aliphatic heterocycles. The molecule has 0 radical (unpaired) electrons. The molecule has 3 heteroatoms. The number of rotatable bonds is 4. The second kappa shape index (κ2) is 5.28. The first kappa shape index (κ1) is 12.9. The Morgan fingerprint density at radius 2 is 2.07 bits per heavy atom. The molecule has 1 aliphatic rings. The Morgan fingerprint density at radius 3 is 2.60 bits per heavy atom. The molecule has 90 valence electrons. The molecule has 0 bridgehead atoms. The van der Waals surface area contributed by atoms with E-state index in [1.54, 1.807) is 0 Å². The summed E-state index contributed by atoms with van der Waals surface area (Å²) in [6, 6.07) is 0.341. The zero-order chi connectivity index (χ0) is 11.5. The second-order valence-corrected chi connectivity index (χ2v) is 5.51. The van der Waals surface area contributed by atoms with Gasteiger partial charge in [0.05, 0.1) is 18.8 Å². The predicted molar refractivity (Wildman–Crippen MR) is 61.9 cm³/mol. The van der Waals surface area contributed by atoms with Crippen molar-refractivity contribution >= 4 is 0 Å². The quantitative estimate of drug-likeness (QED) is 0.771. The molecule has 1 saturated heterocycles. The monoisotopic (exact) mass is 215 g/mol. The summed E-state index contributed by atoms with van der Waals surface area (Å²) >= 11 is 0. The number of likely N-dealkylation sites (tertiary alicyclic amines) is 1. The van der Waals surface area contributed by atoms with Crippen molar-refractivity contribution in [2.45, 2.75) is 45.8 Å². The highest BCUT2D eigenvalue weighted by Gasteiger charge is 2.30. The molecule has 15 heavy (non-hydrogen) atoms. The van der Waals surface area contributed by atoms with Crippen LogP contribution >= 0.6 is 0 Å². The van der Waals surface area contributed by atoms with Crippen LogP contribution in [0.2, 0.25) is 0 Å². The predicted octanol–water partition coefficient (Wildman–Crippen LogP) is 1.50. The van der Waals surface area contributed by atoms with E-state index in [0.29, 0.717) is 12.0 Å². The van der Waals surface area contributed by atoms with Gasteiger partial charge in [0, 0.05) is 12.6 Å². The second-order valence-electron chi connectivity index (χ2n) is 5.51. The zero-order valence-electron chi connectivity index (χ0n) is 10.5. The fourth-order valence-electron chi connectivity index (χ4n) is 2.13. The van der Waals surface area contributed by atoms with E-state index in [1.165, 1.54) is 6.42 Å². The number of aliphatic hydroxyl groups is 1. The number of hydrogen-bond donors (Lipinski definition) is 1. The van der Waals surface area contributed by atoms with Crippen molar-refractivity contribution in [3.63, 3.8) is 0 Å². The van der Waals surface area contributed by atoms with Crippen molar-refractivity contribution in [3.05, 3.63) is 0 Å². The smallest absolute Gasteiger partial charge is 0.0600 e. The zero-order valence-corrected chi connectivity index (χ0v) is 10.5. The van der Waals surface area contributed by atoms with Crippen LogP contribution in [0.3, 0.4) is 0 Å². The molecule has 1 rings (SSSR count). The maximum atomic E-state index is 9.28. The van der Waals surface area contributed by atoms with Crippen molar-refractivity contribution in [2.24, 2.45) is 5.92 Å². The molecule has 1 heterocycles. The minimum absolute atomic E-state index is 0.0555. The molecule has 0 aromatic carbocycles. The van der Waals surface area contributed by atoms with E-state index in [1.807, 2.05) is 0 Å². The van der Waals surface area contributed by atoms with Crippen LogP contribution in [0.4, 0.5) is 0 Å². The molecule has 0 aliphatic carbocycles. The minimum atomic E-state index is -0.0555. The fraction of sp³-hybridized carbons (Fsp3) is 1.00. The lowest BCUT2D eigenvalue weighted by Crippen LogP contribution is -2.38. The Bertz CT molecular complexity index is 189. The van der Waals surface area contributed by atoms with Gasteiger partial charge < -0.3 is 9.84 Å². The van der Waals surface area contributed by atoms with Gasteiger partial charge in [0.2, 0.25) is 0 Å². The maximum Gasteiger partial charge on any atom is 0.0600 e. The van der Waals surface area contributed by atoms with Crippen molar-refractivity contribution in [2.75, 3.05) is 26.3 Å². The van der Waals surface area contributed by atoms with Gasteiger partial charge in [0.25, 0.3) is 0 Å². The molecule has 0 aromatic heterocycles. The summed E-state index contributed by atoms with van der Waals surface area (Å²) in [6.45, 7) is 11.5. The lowest BCUT2D eigenvalue weighted by Gasteiger charge is -2.27. The van der Waals surface area contributed by atoms with Gasteiger partial charge in [-0.2, -0.15) is 0 Å². The minimum Gasteiger partial charge on any atom is -0.395 e. The Balaban J connectivity index is 2.27. The molecule has 0 aromatic rings. The number of ether oxygens (including phenoxy) is 1. The van der Waals surface area contributed by atoms with Crippen LogP contribution in [0.1, 0.15) is 34.1 Å². The van der Waals surface area contributed by atoms with Crippen LogP contribution in [-0.4, -0.2) is 48.0 Å². The highest BCUT2D eigenvalue weighted by Crippen LogP contribution is 2.23. The van der Waals surface area contributed by atoms with Crippen molar-refractivity contribution < 1.29 is 9.84 Å². The number of aliphatic hydroxyl groups excluding tert-OH is 1. The standard InChI is InChI=1S/C12H25NO2/c1-10-5-6-13(11(10)9-14)7-8-15-12(2,3)4/h10-11,14H,5-9H2,1-4H3. The van der Waals surface area contributed by atoms with Gasteiger partial charge in [0.1, 0.15) is 0 Å². The average molecular weight is 215 g/mol. The first-order chi connectivity index (χ1) is 6.94. The molecule has 2 atom stereocenters. The topological polar surface area (TPSA) is 32.7 Å². The number of hydrogen-bond acceptors (Lipinski definition) is 3. The van der Waals surface area contributed by atoms with E-state index in [2.05, 4.69) is 32.6 Å². The first-order valence-corrected chi connectivity index (χ1v) is 5.93. The highest BCUT2D eigenvalue weighted by atomic mass is 16.5. The highest BCUT2D eigenvalue weighted by molar-refractivity contribution is 4.83. The van der Waals surface area contributed by atoms with Gasteiger partial charge >= 0.3 is 0 Å². The van der Waals surface area contributed by atoms with Crippen molar-refractivity contribution in [1.82, 2.24) is 4.90 Å². The van der Waals surface area contributed by atoms with E-state index < -0.39 is 0 Å². The van der Waals surface area contributed by atoms with Crippen LogP contribution in [-0.2, 0) is 4.74 Å². The summed E-state index contributed by atoms with van der Waals surface area (Å²) in [5, 5.41) is 9.28. The molecular weight excluding hydrogens is 190 g/mol. The van der Waals surface area contributed by atoms with E-state index in [-0.39, 0.29) is 12.2 Å². The Hall–Kier alpha value is -0.120. The average Bonchev–Trinajstić information content (AvgIpc) is 2.44. The van der Waals surface area contributed by atoms with Gasteiger partial charge in [-0.15, -0.1) is 0 Å². The Labute approximate surface area is 93.4 Å². The molecule has 2 unspecified atom stereocenters. The summed E-state index contributed by atoms with van der Waals surface area (Å²) in [5.41, 5.74) is -0.0555. The normalized spacial score (nSPS) is 28.6.